The number of carboxylic acid groups (broad SMARTS) is 1. The summed E-state index contributed by atoms with van der Waals surface area (Å²) in [6, 6.07) is 10.8. The molecule has 6 rings (SSSR count). The molecule has 0 spiro atoms. The Labute approximate surface area is 336 Å². The van der Waals surface area contributed by atoms with Crippen molar-refractivity contribution in [3.05, 3.63) is 109 Å². The van der Waals surface area contributed by atoms with Gasteiger partial charge in [-0.2, -0.15) is 25.3 Å². The fourth-order valence-electron chi connectivity index (χ4n) is 6.43. The van der Waals surface area contributed by atoms with Gasteiger partial charge in [0.05, 0.1) is 38.0 Å². The fraction of sp³-hybridized carbons (Fsp3) is 0.118. The third kappa shape index (κ3) is 8.24. The molecule has 60 heavy (non-hydrogen) atoms. The number of pyridine rings is 1. The summed E-state index contributed by atoms with van der Waals surface area (Å²) in [6.45, 7) is -0.651. The van der Waals surface area contributed by atoms with Crippen LogP contribution < -0.4 is 10.9 Å². The maximum absolute atomic E-state index is 14.4. The minimum atomic E-state index is -5.66. The van der Waals surface area contributed by atoms with Crippen molar-refractivity contribution in [2.24, 2.45) is 0 Å². The van der Waals surface area contributed by atoms with Crippen molar-refractivity contribution in [2.75, 3.05) is 11.1 Å². The van der Waals surface area contributed by atoms with Crippen LogP contribution in [0, 0.1) is 10.1 Å². The number of nitrogens with zero attached hydrogens (tertiary/aromatic N) is 1. The molecule has 22 nitrogen and oxygen atoms in total. The number of carboxylic acids is 1. The van der Waals surface area contributed by atoms with Crippen LogP contribution in [0.25, 0.3) is 22.0 Å². The second-order valence-electron chi connectivity index (χ2n) is 12.8. The third-order valence-electron chi connectivity index (χ3n) is 8.91. The Morgan fingerprint density at radius 3 is 1.97 bits per heavy atom. The second kappa shape index (κ2) is 15.3. The summed E-state index contributed by atoms with van der Waals surface area (Å²) >= 11 is 0. The molecule has 0 radical (unpaired) electrons. The molecule has 26 heteroatoms. The number of esters is 1. The average molecular weight is 908 g/mol. The van der Waals surface area contributed by atoms with Gasteiger partial charge in [0.15, 0.2) is 15.6 Å². The number of sulfone groups is 1. The number of H-pyrrole nitrogens is 1. The SMILES string of the molecule is O=C(O)CCCS(=O)(=O)c1cc(Nc2cc(S(=O)(=O)O)c3[nH]c(=O)c(C(=O)OCc4cccc([N+](=O)[O-])c4)c4c3c2C(=O)c2ccccc2-4)c(S(=O)(=O)O)cc1S(=O)(=O)O. The molecule has 4 aromatic carbocycles. The normalized spacial score (nSPS) is 12.8. The number of nitro groups is 1. The monoisotopic (exact) mass is 907 g/mol. The van der Waals surface area contributed by atoms with Crippen molar-refractivity contribution in [1.82, 2.24) is 4.98 Å². The lowest BCUT2D eigenvalue weighted by molar-refractivity contribution is -0.384. The van der Waals surface area contributed by atoms with E-state index < -0.39 is 152 Å². The number of benzene rings is 4. The number of carbonyl (C=O) groups excluding carboxylic acids is 2. The molecule has 1 heterocycles. The fourth-order valence-corrected chi connectivity index (χ4v) is 10.5. The van der Waals surface area contributed by atoms with E-state index in [-0.39, 0.29) is 34.5 Å². The highest BCUT2D eigenvalue weighted by molar-refractivity contribution is 7.92. The Morgan fingerprint density at radius 1 is 0.750 bits per heavy atom. The number of ketones is 1. The van der Waals surface area contributed by atoms with Crippen LogP contribution in [0.4, 0.5) is 17.1 Å². The maximum Gasteiger partial charge on any atom is 0.344 e. The number of anilines is 2. The standard InChI is InChI=1S/C34H25N3O19S4/c38-26(39)9-4-10-57(45,46)23-12-20(22(58(47,48)49)14-24(23)59(50,51)52)35-21-13-25(60(53,54)55)31-29-27(18-7-1-2-8-19(18)32(40)28(21)29)30(33(41)36-31)34(42)56-15-16-5-3-6-17(11-16)37(43)44/h1-3,5-8,11-14,35H,4,9-10,15H2,(H,36,41)(H,38,39)(H,47,48,49)(H,50,51,52)(H,53,54,55). The predicted octanol–water partition coefficient (Wildman–Crippen LogP) is 3.13. The topological polar surface area (TPSA) is 366 Å². The number of rotatable bonds is 14. The van der Waals surface area contributed by atoms with Crippen LogP contribution in [-0.2, 0) is 56.3 Å². The maximum atomic E-state index is 14.4. The highest BCUT2D eigenvalue weighted by Gasteiger charge is 2.37. The van der Waals surface area contributed by atoms with E-state index in [1.54, 1.807) is 0 Å². The number of ether oxygens (including phenoxy) is 1. The van der Waals surface area contributed by atoms with E-state index in [2.05, 4.69) is 10.3 Å². The van der Waals surface area contributed by atoms with Crippen LogP contribution in [0.2, 0.25) is 0 Å². The molecule has 0 atom stereocenters. The smallest absolute Gasteiger partial charge is 0.344 e. The number of aromatic amines is 1. The molecule has 1 aliphatic carbocycles. The molecule has 0 aliphatic heterocycles. The summed E-state index contributed by atoms with van der Waals surface area (Å²) in [6.07, 6.45) is -1.37. The van der Waals surface area contributed by atoms with Crippen molar-refractivity contribution in [3.8, 4) is 11.1 Å². The van der Waals surface area contributed by atoms with E-state index >= 15 is 0 Å². The molecule has 1 aliphatic rings. The molecule has 0 amide bonds. The number of nitrogens with one attached hydrogen (secondary N) is 2. The van der Waals surface area contributed by atoms with Crippen molar-refractivity contribution in [2.45, 2.75) is 39.0 Å². The van der Waals surface area contributed by atoms with Gasteiger partial charge in [-0.15, -0.1) is 0 Å². The van der Waals surface area contributed by atoms with E-state index in [0.717, 1.165) is 12.1 Å². The van der Waals surface area contributed by atoms with Crippen LogP contribution in [0.5, 0.6) is 0 Å². The molecule has 0 saturated heterocycles. The molecule has 6 N–H and O–H groups in total. The average Bonchev–Trinajstić information content (AvgIpc) is 3.14. The zero-order chi connectivity index (χ0) is 44.3. The first-order chi connectivity index (χ1) is 27.8. The summed E-state index contributed by atoms with van der Waals surface area (Å²) in [5.41, 5.74) is -6.75. The van der Waals surface area contributed by atoms with Crippen LogP contribution in [-0.4, -0.2) is 85.8 Å². The number of nitro benzene ring substituents is 1. The number of hydrogen-bond acceptors (Lipinski definition) is 16. The minimum absolute atomic E-state index is 0.0167. The van der Waals surface area contributed by atoms with Crippen LogP contribution >= 0.6 is 0 Å². The first kappa shape index (κ1) is 43.2. The Bertz CT molecular complexity index is 3270. The number of aliphatic carboxylic acids is 1. The van der Waals surface area contributed by atoms with E-state index in [9.17, 15) is 76.6 Å². The van der Waals surface area contributed by atoms with Gasteiger partial charge in [-0.25, -0.2) is 13.2 Å². The zero-order valence-electron chi connectivity index (χ0n) is 29.7. The highest BCUT2D eigenvalue weighted by atomic mass is 32.2. The number of non-ortho nitro benzene ring substituents is 1. The molecule has 0 saturated carbocycles. The van der Waals surface area contributed by atoms with Gasteiger partial charge in [0, 0.05) is 35.1 Å². The lowest BCUT2D eigenvalue weighted by Gasteiger charge is -2.25. The largest absolute Gasteiger partial charge is 0.481 e. The van der Waals surface area contributed by atoms with Crippen LogP contribution in [0.3, 0.4) is 0 Å². The Hall–Kier alpha value is -6.42. The minimum Gasteiger partial charge on any atom is -0.481 e. The second-order valence-corrected chi connectivity index (χ2v) is 19.0. The van der Waals surface area contributed by atoms with Gasteiger partial charge in [-0.05, 0) is 35.7 Å². The van der Waals surface area contributed by atoms with Gasteiger partial charge in [0.1, 0.15) is 26.9 Å². The van der Waals surface area contributed by atoms with Crippen LogP contribution in [0.1, 0.15) is 44.7 Å². The van der Waals surface area contributed by atoms with Crippen molar-refractivity contribution >= 4 is 85.9 Å². The van der Waals surface area contributed by atoms with Gasteiger partial charge >= 0.3 is 11.9 Å². The molecular weight excluding hydrogens is 883 g/mol. The number of carbonyl (C=O) groups is 3. The van der Waals surface area contributed by atoms with Gasteiger partial charge in [0.25, 0.3) is 41.6 Å². The molecule has 0 unspecified atom stereocenters. The number of hydrogen-bond donors (Lipinski definition) is 6. The Kier molecular flexibility index (Phi) is 11.0. The van der Waals surface area contributed by atoms with Gasteiger partial charge in [-0.1, -0.05) is 36.4 Å². The van der Waals surface area contributed by atoms with E-state index in [4.69, 9.17) is 9.84 Å². The van der Waals surface area contributed by atoms with Crippen molar-refractivity contribution in [1.29, 1.82) is 0 Å². The Morgan fingerprint density at radius 2 is 1.37 bits per heavy atom. The lowest BCUT2D eigenvalue weighted by Crippen LogP contribution is -2.26. The lowest BCUT2D eigenvalue weighted by atomic mass is 9.81. The molecular formula is C34H25N3O19S4. The van der Waals surface area contributed by atoms with Crippen LogP contribution in [0.15, 0.2) is 91.1 Å². The molecule has 0 fully saturated rings. The molecule has 5 aromatic rings. The molecule has 1 aromatic heterocycles. The zero-order valence-corrected chi connectivity index (χ0v) is 32.9. The first-order valence-electron chi connectivity index (χ1n) is 16.4. The molecule has 314 valence electrons. The van der Waals surface area contributed by atoms with E-state index in [1.807, 2.05) is 0 Å². The summed E-state index contributed by atoms with van der Waals surface area (Å²) in [4.78, 5) is 60.0. The predicted molar refractivity (Wildman–Crippen MR) is 204 cm³/mol. The quantitative estimate of drug-likeness (QED) is 0.0395. The van der Waals surface area contributed by atoms with Crippen molar-refractivity contribution in [3.63, 3.8) is 0 Å². The molecule has 0 bridgehead atoms. The van der Waals surface area contributed by atoms with Gasteiger partial charge < -0.3 is 20.1 Å². The summed E-state index contributed by atoms with van der Waals surface area (Å²) in [5, 5.41) is 21.9. The summed E-state index contributed by atoms with van der Waals surface area (Å²) < 4.78 is 139. The first-order valence-corrected chi connectivity index (χ1v) is 22.4. The van der Waals surface area contributed by atoms with E-state index in [0.29, 0.717) is 6.07 Å². The van der Waals surface area contributed by atoms with E-state index in [1.165, 1.54) is 36.4 Å². The number of fused-ring (bicyclic) bond motifs is 2. The third-order valence-corrected chi connectivity index (χ3v) is 13.5. The number of aromatic nitrogens is 1. The van der Waals surface area contributed by atoms with Gasteiger partial charge in [0.2, 0.25) is 0 Å². The summed E-state index contributed by atoms with van der Waals surface area (Å²) in [7, 11) is -21.8. The summed E-state index contributed by atoms with van der Waals surface area (Å²) in [5.74, 6) is -4.98. The van der Waals surface area contributed by atoms with Crippen molar-refractivity contribution < 1.29 is 76.5 Å². The Balaban J connectivity index is 1.66. The highest BCUT2D eigenvalue weighted by Crippen LogP contribution is 2.46. The van der Waals surface area contributed by atoms with Gasteiger partial charge in [-0.3, -0.25) is 38.2 Å².